The van der Waals surface area contributed by atoms with E-state index in [1.54, 1.807) is 19.9 Å². The van der Waals surface area contributed by atoms with Gasteiger partial charge in [-0.25, -0.2) is 0 Å². The number of aryl methyl sites for hydroxylation is 1. The zero-order valence-electron chi connectivity index (χ0n) is 17.5. The predicted octanol–water partition coefficient (Wildman–Crippen LogP) is 4.15. The lowest BCUT2D eigenvalue weighted by Crippen LogP contribution is -2.65. The van der Waals surface area contributed by atoms with Crippen molar-refractivity contribution in [3.8, 4) is 0 Å². The van der Waals surface area contributed by atoms with Crippen molar-refractivity contribution in [2.45, 2.75) is 50.0 Å². The van der Waals surface area contributed by atoms with Crippen LogP contribution in [0.5, 0.6) is 0 Å². The fraction of sp³-hybridized carbons (Fsp3) is 0.435. The molecule has 31 heavy (non-hydrogen) atoms. The van der Waals surface area contributed by atoms with E-state index >= 15 is 0 Å². The summed E-state index contributed by atoms with van der Waals surface area (Å²) in [6.07, 6.45) is -4.37. The second-order valence-corrected chi connectivity index (χ2v) is 8.35. The van der Waals surface area contributed by atoms with Gasteiger partial charge in [0.1, 0.15) is 5.54 Å². The number of ether oxygens (including phenoxy) is 1. The monoisotopic (exact) mass is 436 g/mol. The number of aliphatic carboxylic acids is 1. The summed E-state index contributed by atoms with van der Waals surface area (Å²) >= 11 is 0. The van der Waals surface area contributed by atoms with Crippen molar-refractivity contribution >= 4 is 5.97 Å². The van der Waals surface area contributed by atoms with Crippen LogP contribution in [-0.4, -0.2) is 29.8 Å². The van der Waals surface area contributed by atoms with E-state index in [-0.39, 0.29) is 19.6 Å². The summed E-state index contributed by atoms with van der Waals surface area (Å²) in [6, 6.07) is 13.4. The number of halogens is 3. The molecule has 1 saturated heterocycles. The highest BCUT2D eigenvalue weighted by Gasteiger charge is 2.46. The van der Waals surface area contributed by atoms with Crippen molar-refractivity contribution < 1.29 is 27.8 Å². The molecule has 0 saturated carbocycles. The summed E-state index contributed by atoms with van der Waals surface area (Å²) in [5, 5.41) is 12.7. The van der Waals surface area contributed by atoms with Gasteiger partial charge in [0, 0.05) is 6.54 Å². The van der Waals surface area contributed by atoms with Crippen molar-refractivity contribution in [1.29, 1.82) is 0 Å². The molecule has 0 spiro atoms. The minimum atomic E-state index is -4.43. The van der Waals surface area contributed by atoms with Gasteiger partial charge in [-0.15, -0.1) is 0 Å². The highest BCUT2D eigenvalue weighted by molar-refractivity contribution is 5.79. The predicted molar refractivity (Wildman–Crippen MR) is 110 cm³/mol. The fourth-order valence-corrected chi connectivity index (χ4v) is 3.91. The van der Waals surface area contributed by atoms with Gasteiger partial charge in [-0.3, -0.25) is 4.79 Å². The third-order valence-electron chi connectivity index (χ3n) is 5.97. The third-order valence-corrected chi connectivity index (χ3v) is 5.97. The van der Waals surface area contributed by atoms with Crippen LogP contribution in [-0.2, 0) is 21.2 Å². The van der Waals surface area contributed by atoms with Gasteiger partial charge < -0.3 is 20.9 Å². The van der Waals surface area contributed by atoms with Crippen LogP contribution in [0, 0.1) is 6.92 Å². The van der Waals surface area contributed by atoms with Crippen LogP contribution >= 0.6 is 0 Å². The van der Waals surface area contributed by atoms with Gasteiger partial charge in [0.15, 0.2) is 0 Å². The first kappa shape index (κ1) is 23.2. The average Bonchev–Trinajstić information content (AvgIpc) is 2.73. The third kappa shape index (κ3) is 5.08. The lowest BCUT2D eigenvalue weighted by molar-refractivity contribution is -0.145. The number of hydrogen-bond donors (Lipinski definition) is 3. The Morgan fingerprint density at radius 2 is 1.90 bits per heavy atom. The van der Waals surface area contributed by atoms with Crippen molar-refractivity contribution in [3.05, 3.63) is 70.8 Å². The molecule has 3 atom stereocenters. The average molecular weight is 436 g/mol. The zero-order valence-corrected chi connectivity index (χ0v) is 17.5. The molecule has 1 fully saturated rings. The smallest absolute Gasteiger partial charge is 0.416 e. The van der Waals surface area contributed by atoms with Crippen molar-refractivity contribution in [2.75, 3.05) is 13.2 Å². The summed E-state index contributed by atoms with van der Waals surface area (Å²) in [7, 11) is 0. The van der Waals surface area contributed by atoms with E-state index < -0.39 is 34.9 Å². The standard InChI is InChI=1S/C23H27F3N2O3/c1-15-10-17(12-19(11-15)23(24,25)26)16(2)31-14-22(18-6-4-3-5-7-18)9-8-21(27,13-28-22)20(29)30/h3-7,10-12,16,28H,8-9,13-14,27H2,1-2H3,(H,29,30)/t16?,21-,22+/m0/s1. The Kier molecular flexibility index (Phi) is 6.45. The first-order chi connectivity index (χ1) is 14.5. The molecule has 5 nitrogen and oxygen atoms in total. The van der Waals surface area contributed by atoms with Gasteiger partial charge in [-0.2, -0.15) is 13.2 Å². The first-order valence-electron chi connectivity index (χ1n) is 10.1. The molecule has 1 unspecified atom stereocenters. The number of carbonyl (C=O) groups is 1. The molecule has 1 heterocycles. The van der Waals surface area contributed by atoms with Gasteiger partial charge in [0.2, 0.25) is 0 Å². The molecule has 0 radical (unpaired) electrons. The quantitative estimate of drug-likeness (QED) is 0.634. The molecule has 0 aromatic heterocycles. The lowest BCUT2D eigenvalue weighted by atomic mass is 9.77. The van der Waals surface area contributed by atoms with Crippen LogP contribution in [0.15, 0.2) is 48.5 Å². The van der Waals surface area contributed by atoms with Crippen molar-refractivity contribution in [3.63, 3.8) is 0 Å². The van der Waals surface area contributed by atoms with Crippen LogP contribution in [0.25, 0.3) is 0 Å². The van der Waals surface area contributed by atoms with E-state index in [2.05, 4.69) is 5.32 Å². The molecule has 1 aliphatic rings. The van der Waals surface area contributed by atoms with E-state index in [4.69, 9.17) is 10.5 Å². The van der Waals surface area contributed by atoms with Crippen molar-refractivity contribution in [1.82, 2.24) is 5.32 Å². The van der Waals surface area contributed by atoms with Gasteiger partial charge >= 0.3 is 12.1 Å². The van der Waals surface area contributed by atoms with Crippen LogP contribution < -0.4 is 11.1 Å². The van der Waals surface area contributed by atoms with Crippen LogP contribution in [0.1, 0.15) is 48.1 Å². The Morgan fingerprint density at radius 3 is 2.45 bits per heavy atom. The number of rotatable bonds is 6. The Bertz CT molecular complexity index is 923. The second kappa shape index (κ2) is 8.61. The molecule has 0 aliphatic carbocycles. The van der Waals surface area contributed by atoms with Crippen LogP contribution in [0.4, 0.5) is 13.2 Å². The maximum absolute atomic E-state index is 13.2. The molecule has 3 rings (SSSR count). The summed E-state index contributed by atoms with van der Waals surface area (Å²) in [5.41, 5.74) is 5.09. The minimum Gasteiger partial charge on any atom is -0.480 e. The summed E-state index contributed by atoms with van der Waals surface area (Å²) < 4.78 is 45.7. The molecule has 1 aliphatic heterocycles. The van der Waals surface area contributed by atoms with Crippen molar-refractivity contribution in [2.24, 2.45) is 5.73 Å². The highest BCUT2D eigenvalue weighted by Crippen LogP contribution is 2.36. The molecular weight excluding hydrogens is 409 g/mol. The maximum Gasteiger partial charge on any atom is 0.416 e. The van der Waals surface area contributed by atoms with Gasteiger partial charge in [0.05, 0.1) is 23.8 Å². The van der Waals surface area contributed by atoms with Gasteiger partial charge in [-0.1, -0.05) is 42.0 Å². The lowest BCUT2D eigenvalue weighted by Gasteiger charge is -2.44. The Balaban J connectivity index is 1.82. The Hall–Kier alpha value is -2.42. The molecular formula is C23H27F3N2O3. The Morgan fingerprint density at radius 1 is 1.23 bits per heavy atom. The van der Waals surface area contributed by atoms with E-state index in [0.29, 0.717) is 17.5 Å². The summed E-state index contributed by atoms with van der Waals surface area (Å²) in [5.74, 6) is -1.07. The number of nitrogens with two attached hydrogens (primary N) is 1. The number of hydrogen-bond acceptors (Lipinski definition) is 4. The molecule has 2 aromatic rings. The number of benzene rings is 2. The molecule has 4 N–H and O–H groups in total. The molecule has 2 aromatic carbocycles. The van der Waals surface area contributed by atoms with E-state index in [0.717, 1.165) is 17.7 Å². The normalized spacial score (nSPS) is 25.2. The molecule has 8 heteroatoms. The first-order valence-corrected chi connectivity index (χ1v) is 10.1. The minimum absolute atomic E-state index is 0.0532. The van der Waals surface area contributed by atoms with E-state index in [1.165, 1.54) is 0 Å². The van der Waals surface area contributed by atoms with Gasteiger partial charge in [0.25, 0.3) is 0 Å². The summed E-state index contributed by atoms with van der Waals surface area (Å²) in [6.45, 7) is 3.54. The fourth-order valence-electron chi connectivity index (χ4n) is 3.91. The number of carboxylic acid groups (broad SMARTS) is 1. The number of alkyl halides is 3. The second-order valence-electron chi connectivity index (χ2n) is 8.35. The molecule has 0 bridgehead atoms. The number of piperidine rings is 1. The SMILES string of the molecule is Cc1cc(C(C)OC[C@@]2(c3ccccc3)CC[C@@](N)(C(=O)O)CN2)cc(C(F)(F)F)c1. The van der Waals surface area contributed by atoms with Gasteiger partial charge in [-0.05, 0) is 49.9 Å². The molecule has 0 amide bonds. The van der Waals surface area contributed by atoms with Crippen LogP contribution in [0.2, 0.25) is 0 Å². The van der Waals surface area contributed by atoms with Crippen LogP contribution in [0.3, 0.4) is 0 Å². The largest absolute Gasteiger partial charge is 0.480 e. The topological polar surface area (TPSA) is 84.6 Å². The summed E-state index contributed by atoms with van der Waals surface area (Å²) in [4.78, 5) is 11.5. The maximum atomic E-state index is 13.2. The van der Waals surface area contributed by atoms with E-state index in [9.17, 15) is 23.1 Å². The number of carboxylic acids is 1. The van der Waals surface area contributed by atoms with E-state index in [1.807, 2.05) is 30.3 Å². The zero-order chi connectivity index (χ0) is 22.9. The number of nitrogens with one attached hydrogen (secondary N) is 1. The Labute approximate surface area is 179 Å². The molecule has 168 valence electrons. The highest BCUT2D eigenvalue weighted by atomic mass is 19.4.